The van der Waals surface area contributed by atoms with Gasteiger partial charge in [0, 0.05) is 24.7 Å². The van der Waals surface area contributed by atoms with E-state index in [4.69, 9.17) is 0 Å². The number of hydrogen-bond acceptors (Lipinski definition) is 2. The maximum Gasteiger partial charge on any atom is 0.315 e. The molecule has 2 aliphatic rings. The number of piperidine rings is 1. The van der Waals surface area contributed by atoms with Gasteiger partial charge in [0.05, 0.1) is 0 Å². The highest BCUT2D eigenvalue weighted by molar-refractivity contribution is 5.75. The average molecular weight is 197 g/mol. The lowest BCUT2D eigenvalue weighted by molar-refractivity contribution is 0.230. The predicted molar refractivity (Wildman–Crippen MR) is 55.1 cm³/mol. The van der Waals surface area contributed by atoms with Gasteiger partial charge in [-0.15, -0.1) is 0 Å². The van der Waals surface area contributed by atoms with Crippen LogP contribution in [0.3, 0.4) is 0 Å². The molecule has 1 heterocycles. The van der Waals surface area contributed by atoms with Gasteiger partial charge in [0.2, 0.25) is 0 Å². The molecule has 2 rings (SSSR count). The molecule has 0 spiro atoms. The Morgan fingerprint density at radius 2 is 1.86 bits per heavy atom. The molecule has 0 aromatic heterocycles. The molecule has 1 aliphatic heterocycles. The first-order valence-corrected chi connectivity index (χ1v) is 5.27. The van der Waals surface area contributed by atoms with Crippen LogP contribution in [0.4, 0.5) is 4.79 Å². The third kappa shape index (κ3) is 2.00. The lowest BCUT2D eigenvalue weighted by Crippen LogP contribution is -2.48. The fraction of sp³-hybridized carbons (Fsp3) is 0.900. The zero-order chi connectivity index (χ0) is 10.3. The van der Waals surface area contributed by atoms with Gasteiger partial charge >= 0.3 is 6.03 Å². The van der Waals surface area contributed by atoms with Crippen LogP contribution >= 0.6 is 0 Å². The minimum absolute atomic E-state index is 0.0306. The maximum absolute atomic E-state index is 11.5. The van der Waals surface area contributed by atoms with Gasteiger partial charge in [-0.3, -0.25) is 0 Å². The fourth-order valence-corrected chi connectivity index (χ4v) is 2.16. The van der Waals surface area contributed by atoms with Crippen LogP contribution in [0, 0.1) is 11.8 Å². The lowest BCUT2D eigenvalue weighted by Gasteiger charge is -2.21. The standard InChI is InChI=1S/C10H19N3O/c1-10(2,3)13-9(14)12-8-6-4-11-5-7(6)8/h6-8,11H,4-5H2,1-3H3,(H2,12,13,14). The van der Waals surface area contributed by atoms with Crippen molar-refractivity contribution in [1.29, 1.82) is 0 Å². The summed E-state index contributed by atoms with van der Waals surface area (Å²) in [5, 5.41) is 9.23. The second kappa shape index (κ2) is 3.12. The number of urea groups is 1. The van der Waals surface area contributed by atoms with Crippen molar-refractivity contribution in [3.63, 3.8) is 0 Å². The largest absolute Gasteiger partial charge is 0.335 e. The minimum Gasteiger partial charge on any atom is -0.335 e. The Morgan fingerprint density at radius 1 is 1.29 bits per heavy atom. The molecule has 14 heavy (non-hydrogen) atoms. The van der Waals surface area contributed by atoms with E-state index in [2.05, 4.69) is 16.0 Å². The van der Waals surface area contributed by atoms with Crippen LogP contribution in [0.25, 0.3) is 0 Å². The average Bonchev–Trinajstić information content (AvgIpc) is 2.50. The number of hydrogen-bond donors (Lipinski definition) is 3. The van der Waals surface area contributed by atoms with Crippen molar-refractivity contribution in [1.82, 2.24) is 16.0 Å². The van der Waals surface area contributed by atoms with Crippen LogP contribution in [-0.4, -0.2) is 30.7 Å². The normalized spacial score (nSPS) is 34.9. The quantitative estimate of drug-likeness (QED) is 0.566. The topological polar surface area (TPSA) is 53.2 Å². The summed E-state index contributed by atoms with van der Waals surface area (Å²) >= 11 is 0. The molecular formula is C10H19N3O. The van der Waals surface area contributed by atoms with Crippen LogP contribution in [0.2, 0.25) is 0 Å². The highest BCUT2D eigenvalue weighted by Crippen LogP contribution is 2.41. The maximum atomic E-state index is 11.5. The Balaban J connectivity index is 1.74. The molecule has 0 aromatic carbocycles. The fourth-order valence-electron chi connectivity index (χ4n) is 2.16. The Morgan fingerprint density at radius 3 is 2.36 bits per heavy atom. The van der Waals surface area contributed by atoms with Crippen LogP contribution in [-0.2, 0) is 0 Å². The number of carbonyl (C=O) groups is 1. The van der Waals surface area contributed by atoms with Crippen LogP contribution in [0.15, 0.2) is 0 Å². The molecule has 4 heteroatoms. The smallest absolute Gasteiger partial charge is 0.315 e. The first kappa shape index (κ1) is 9.77. The van der Waals surface area contributed by atoms with Gasteiger partial charge in [0.25, 0.3) is 0 Å². The summed E-state index contributed by atoms with van der Waals surface area (Å²) in [5.41, 5.74) is -0.146. The number of rotatable bonds is 1. The van der Waals surface area contributed by atoms with E-state index in [-0.39, 0.29) is 11.6 Å². The SMILES string of the molecule is CC(C)(C)NC(=O)NC1C2CNCC21. The molecule has 1 saturated carbocycles. The van der Waals surface area contributed by atoms with Crippen molar-refractivity contribution in [2.24, 2.45) is 11.8 Å². The molecule has 0 aromatic rings. The van der Waals surface area contributed by atoms with Crippen molar-refractivity contribution < 1.29 is 4.79 Å². The molecule has 1 aliphatic carbocycles. The van der Waals surface area contributed by atoms with E-state index in [1.165, 1.54) is 0 Å². The summed E-state index contributed by atoms with van der Waals surface area (Å²) in [6.07, 6.45) is 0. The summed E-state index contributed by atoms with van der Waals surface area (Å²) in [6, 6.07) is 0.385. The first-order chi connectivity index (χ1) is 6.47. The van der Waals surface area contributed by atoms with Crippen LogP contribution < -0.4 is 16.0 Å². The molecule has 1 saturated heterocycles. The molecule has 4 nitrogen and oxygen atoms in total. The van der Waals surface area contributed by atoms with E-state index < -0.39 is 0 Å². The third-order valence-electron chi connectivity index (χ3n) is 2.88. The van der Waals surface area contributed by atoms with Gasteiger partial charge in [-0.25, -0.2) is 4.79 Å². The summed E-state index contributed by atoms with van der Waals surface area (Å²) in [6.45, 7) is 8.09. The van der Waals surface area contributed by atoms with Crippen molar-refractivity contribution >= 4 is 6.03 Å². The molecule has 2 fully saturated rings. The molecule has 0 radical (unpaired) electrons. The highest BCUT2D eigenvalue weighted by atomic mass is 16.2. The van der Waals surface area contributed by atoms with E-state index in [1.54, 1.807) is 0 Å². The summed E-state index contributed by atoms with van der Waals surface area (Å²) < 4.78 is 0. The molecule has 2 unspecified atom stereocenters. The van der Waals surface area contributed by atoms with Gasteiger partial charge in [-0.05, 0) is 32.6 Å². The van der Waals surface area contributed by atoms with Crippen molar-refractivity contribution in [2.45, 2.75) is 32.4 Å². The summed E-state index contributed by atoms with van der Waals surface area (Å²) in [5.74, 6) is 1.36. The van der Waals surface area contributed by atoms with Crippen LogP contribution in [0.5, 0.6) is 0 Å². The summed E-state index contributed by atoms with van der Waals surface area (Å²) in [4.78, 5) is 11.5. The Bertz CT molecular complexity index is 236. The van der Waals surface area contributed by atoms with E-state index in [1.807, 2.05) is 20.8 Å². The second-order valence-corrected chi connectivity index (χ2v) is 5.36. The molecule has 3 N–H and O–H groups in total. The van der Waals surface area contributed by atoms with E-state index in [0.717, 1.165) is 13.1 Å². The van der Waals surface area contributed by atoms with E-state index in [0.29, 0.717) is 17.9 Å². The number of carbonyl (C=O) groups excluding carboxylic acids is 1. The van der Waals surface area contributed by atoms with Crippen molar-refractivity contribution in [3.05, 3.63) is 0 Å². The van der Waals surface area contributed by atoms with E-state index in [9.17, 15) is 4.79 Å². The Hall–Kier alpha value is -0.770. The van der Waals surface area contributed by atoms with Gasteiger partial charge in [0.15, 0.2) is 0 Å². The Labute approximate surface area is 84.8 Å². The van der Waals surface area contributed by atoms with E-state index >= 15 is 0 Å². The molecular weight excluding hydrogens is 178 g/mol. The van der Waals surface area contributed by atoms with Crippen molar-refractivity contribution in [2.75, 3.05) is 13.1 Å². The second-order valence-electron chi connectivity index (χ2n) is 5.36. The zero-order valence-electron chi connectivity index (χ0n) is 9.05. The number of fused-ring (bicyclic) bond motifs is 1. The molecule has 0 bridgehead atoms. The highest BCUT2D eigenvalue weighted by Gasteiger charge is 2.53. The zero-order valence-corrected chi connectivity index (χ0v) is 9.05. The molecule has 2 atom stereocenters. The monoisotopic (exact) mass is 197 g/mol. The summed E-state index contributed by atoms with van der Waals surface area (Å²) in [7, 11) is 0. The third-order valence-corrected chi connectivity index (χ3v) is 2.88. The van der Waals surface area contributed by atoms with Crippen molar-refractivity contribution in [3.8, 4) is 0 Å². The van der Waals surface area contributed by atoms with Gasteiger partial charge in [-0.1, -0.05) is 0 Å². The van der Waals surface area contributed by atoms with Crippen LogP contribution in [0.1, 0.15) is 20.8 Å². The van der Waals surface area contributed by atoms with Gasteiger partial charge in [0.1, 0.15) is 0 Å². The molecule has 80 valence electrons. The lowest BCUT2D eigenvalue weighted by atomic mass is 10.1. The van der Waals surface area contributed by atoms with Gasteiger partial charge in [-0.2, -0.15) is 0 Å². The Kier molecular flexibility index (Phi) is 2.18. The molecule has 2 amide bonds. The first-order valence-electron chi connectivity index (χ1n) is 5.27. The number of amides is 2. The number of nitrogens with one attached hydrogen (secondary N) is 3. The predicted octanol–water partition coefficient (Wildman–Crippen LogP) is 0.302. The minimum atomic E-state index is -0.146. The van der Waals surface area contributed by atoms with Gasteiger partial charge < -0.3 is 16.0 Å².